The van der Waals surface area contributed by atoms with E-state index in [9.17, 15) is 9.13 Å². The van der Waals surface area contributed by atoms with Crippen molar-refractivity contribution in [2.24, 2.45) is 0 Å². The van der Waals surface area contributed by atoms with Crippen LogP contribution in [-0.2, 0) is 22.5 Å². The molecule has 0 aromatic heterocycles. The first kappa shape index (κ1) is 39.0. The number of nitrogens with zero attached hydrogens (tertiary/aromatic N) is 2. The molecule has 220 valence electrons. The molecule has 1 aliphatic heterocycles. The van der Waals surface area contributed by atoms with Crippen LogP contribution < -0.4 is 0 Å². The second kappa shape index (κ2) is 27.4. The summed E-state index contributed by atoms with van der Waals surface area (Å²) in [5.41, 5.74) is 0. The normalized spacial score (nSPS) is 18.9. The van der Waals surface area contributed by atoms with Crippen LogP contribution in [0.4, 0.5) is 0 Å². The Hall–Kier alpha value is 0.840. The Kier molecular flexibility index (Phi) is 29.7. The van der Waals surface area contributed by atoms with Gasteiger partial charge < -0.3 is 9.80 Å². The van der Waals surface area contributed by atoms with E-state index in [1.54, 1.807) is 0 Å². The number of hydrogen-bond donors (Lipinski definition) is 0. The molecule has 1 fully saturated rings. The summed E-state index contributed by atoms with van der Waals surface area (Å²) >= 11 is 10.3. The lowest BCUT2D eigenvalue weighted by molar-refractivity contribution is 0.0132. The minimum absolute atomic E-state index is 1.32. The first-order chi connectivity index (χ1) is 17.2. The smallest absolute Gasteiger partial charge is 0.303 e. The molecule has 2 atom stereocenters. The Morgan fingerprint density at radius 2 is 0.750 bits per heavy atom. The van der Waals surface area contributed by atoms with Gasteiger partial charge >= 0.3 is 21.2 Å². The quantitative estimate of drug-likeness (QED) is 0.115. The van der Waals surface area contributed by atoms with Crippen molar-refractivity contribution in [2.45, 2.75) is 123 Å². The Morgan fingerprint density at radius 3 is 0.917 bits per heavy atom. The maximum atomic E-state index is 10.4. The molecule has 2 unspecified atom stereocenters. The van der Waals surface area contributed by atoms with Crippen LogP contribution in [0.2, 0.25) is 0 Å². The maximum Gasteiger partial charge on any atom is 0.345 e. The lowest BCUT2D eigenvalue weighted by Crippen LogP contribution is -2.27. The molecule has 0 spiro atoms. The number of unbranched alkanes of at least 4 members (excludes halogenated alkanes) is 6. The molecule has 0 amide bonds. The number of halogens is 2. The Labute approximate surface area is 234 Å². The molecular formula is C25H56Cl2N2O5P2. The van der Waals surface area contributed by atoms with Gasteiger partial charge in [-0.1, -0.05) is 80.1 Å². The minimum Gasteiger partial charge on any atom is -0.303 e. The highest BCUT2D eigenvalue weighted by atomic mass is 35.5. The first-order valence-electron chi connectivity index (χ1n) is 14.2. The zero-order valence-corrected chi connectivity index (χ0v) is 27.4. The van der Waals surface area contributed by atoms with Crippen LogP contribution in [0.3, 0.4) is 0 Å². The summed E-state index contributed by atoms with van der Waals surface area (Å²) in [5, 5.41) is 0. The predicted octanol–water partition coefficient (Wildman–Crippen LogP) is 9.30. The molecule has 7 nitrogen and oxygen atoms in total. The van der Waals surface area contributed by atoms with Crippen LogP contribution in [0, 0.1) is 0 Å². The van der Waals surface area contributed by atoms with E-state index in [1.807, 2.05) is 0 Å². The monoisotopic (exact) mass is 596 g/mol. The van der Waals surface area contributed by atoms with Gasteiger partial charge in [-0.2, -0.15) is 0 Å². The van der Waals surface area contributed by atoms with Crippen molar-refractivity contribution in [1.82, 2.24) is 9.80 Å². The van der Waals surface area contributed by atoms with Gasteiger partial charge in [-0.05, 0) is 101 Å². The van der Waals surface area contributed by atoms with E-state index in [2.05, 4.69) is 64.7 Å². The molecule has 0 N–H and O–H groups in total. The molecule has 0 aliphatic carbocycles. The maximum absolute atomic E-state index is 10.4. The van der Waals surface area contributed by atoms with Crippen LogP contribution in [0.25, 0.3) is 0 Å². The van der Waals surface area contributed by atoms with E-state index < -0.39 is 21.2 Å². The molecule has 0 aromatic rings. The Balaban J connectivity index is 0. The van der Waals surface area contributed by atoms with Gasteiger partial charge in [-0.25, -0.2) is 13.4 Å². The van der Waals surface area contributed by atoms with Crippen LogP contribution in [0.15, 0.2) is 0 Å². The van der Waals surface area contributed by atoms with Gasteiger partial charge in [-0.3, -0.25) is 9.13 Å². The highest BCUT2D eigenvalue weighted by Gasteiger charge is 2.37. The molecule has 1 heterocycles. The number of rotatable bonds is 18. The van der Waals surface area contributed by atoms with E-state index in [-0.39, 0.29) is 0 Å². The lowest BCUT2D eigenvalue weighted by atomic mass is 10.2. The highest BCUT2D eigenvalue weighted by Crippen LogP contribution is 2.54. The average Bonchev–Trinajstić information content (AvgIpc) is 2.82. The molecule has 0 saturated carbocycles. The average molecular weight is 598 g/mol. The second-order valence-corrected chi connectivity index (χ2v) is 12.5. The minimum atomic E-state index is -2.85. The molecule has 0 aromatic carbocycles. The van der Waals surface area contributed by atoms with Crippen molar-refractivity contribution in [3.8, 4) is 0 Å². The molecule has 0 bridgehead atoms. The van der Waals surface area contributed by atoms with Gasteiger partial charge in [0.1, 0.15) is 0 Å². The van der Waals surface area contributed by atoms with Crippen molar-refractivity contribution in [1.29, 1.82) is 0 Å². The highest BCUT2D eigenvalue weighted by molar-refractivity contribution is 7.48. The Bertz CT molecular complexity index is 455. The summed E-state index contributed by atoms with van der Waals surface area (Å²) in [6.45, 7) is 21.5. The zero-order chi connectivity index (χ0) is 27.7. The van der Waals surface area contributed by atoms with Gasteiger partial charge in [0.2, 0.25) is 0 Å². The summed E-state index contributed by atoms with van der Waals surface area (Å²) < 4.78 is 31.2. The summed E-state index contributed by atoms with van der Waals surface area (Å²) in [6.07, 6.45) is 16.2. The van der Waals surface area contributed by atoms with Crippen molar-refractivity contribution in [3.05, 3.63) is 0 Å². The topological polar surface area (TPSA) is 68.3 Å². The largest absolute Gasteiger partial charge is 0.345 e. The van der Waals surface area contributed by atoms with Crippen molar-refractivity contribution in [3.63, 3.8) is 0 Å². The summed E-state index contributed by atoms with van der Waals surface area (Å²) in [6, 6.07) is 0. The Morgan fingerprint density at radius 1 is 0.528 bits per heavy atom. The molecule has 1 saturated heterocycles. The standard InChI is InChI=1S/2C12H27N.CH2Cl2O5P2/c2*1-4-7-10-13(11-8-5-2)12-9-6-3;2-1(3)6-9(4)8-10(5)7-1/h2*4-12H2,1-3H3;9-10H. The number of alkyl halides is 2. The molecule has 1 rings (SSSR count). The van der Waals surface area contributed by atoms with Gasteiger partial charge in [0.25, 0.3) is 0 Å². The van der Waals surface area contributed by atoms with Crippen LogP contribution in [0.1, 0.15) is 119 Å². The van der Waals surface area contributed by atoms with Gasteiger partial charge in [0.15, 0.2) is 0 Å². The molecule has 0 radical (unpaired) electrons. The summed E-state index contributed by atoms with van der Waals surface area (Å²) in [5.74, 6) is 0. The molecule has 1 aliphatic rings. The van der Waals surface area contributed by atoms with E-state index in [4.69, 9.17) is 23.2 Å². The van der Waals surface area contributed by atoms with Gasteiger partial charge in [-0.15, -0.1) is 0 Å². The molecule has 36 heavy (non-hydrogen) atoms. The SMILES string of the molecule is CCCCN(CCCC)CCCC.CCCCN(CCCC)CCCC.O=[PH]1O[PH](=O)OC(Cl)(Cl)O1. The van der Waals surface area contributed by atoms with E-state index in [0.717, 1.165) is 0 Å². The first-order valence-corrected chi connectivity index (χ1v) is 17.4. The lowest BCUT2D eigenvalue weighted by Gasteiger charge is -2.22. The third kappa shape index (κ3) is 26.4. The summed E-state index contributed by atoms with van der Waals surface area (Å²) in [4.78, 5) is 5.27. The molecule has 11 heteroatoms. The van der Waals surface area contributed by atoms with Crippen LogP contribution in [0.5, 0.6) is 0 Å². The van der Waals surface area contributed by atoms with E-state index in [1.165, 1.54) is 116 Å². The molecular weight excluding hydrogens is 541 g/mol. The third-order valence-corrected chi connectivity index (χ3v) is 8.61. The van der Waals surface area contributed by atoms with Crippen molar-refractivity contribution >= 4 is 39.7 Å². The van der Waals surface area contributed by atoms with Crippen LogP contribution in [-0.4, -0.2) is 53.8 Å². The van der Waals surface area contributed by atoms with E-state index >= 15 is 0 Å². The third-order valence-electron chi connectivity index (χ3n) is 5.54. The fourth-order valence-corrected chi connectivity index (χ4v) is 5.47. The van der Waals surface area contributed by atoms with Gasteiger partial charge in [0, 0.05) is 0 Å². The van der Waals surface area contributed by atoms with E-state index in [0.29, 0.717) is 0 Å². The zero-order valence-electron chi connectivity index (χ0n) is 23.9. The second-order valence-electron chi connectivity index (χ2n) is 9.07. The fourth-order valence-electron chi connectivity index (χ4n) is 3.29. The summed E-state index contributed by atoms with van der Waals surface area (Å²) in [7, 11) is -5.71. The van der Waals surface area contributed by atoms with Gasteiger partial charge in [0.05, 0.1) is 0 Å². The van der Waals surface area contributed by atoms with Crippen molar-refractivity contribution < 1.29 is 22.5 Å². The fraction of sp³-hybridized carbons (Fsp3) is 1.00. The predicted molar refractivity (Wildman–Crippen MR) is 158 cm³/mol. The number of hydrogen-bond acceptors (Lipinski definition) is 7. The van der Waals surface area contributed by atoms with Crippen LogP contribution >= 0.6 is 39.7 Å². The van der Waals surface area contributed by atoms with Crippen molar-refractivity contribution in [2.75, 3.05) is 39.3 Å².